The summed E-state index contributed by atoms with van der Waals surface area (Å²) in [6, 6.07) is 8.44. The minimum atomic E-state index is -0.657. The van der Waals surface area contributed by atoms with Crippen molar-refractivity contribution in [3.63, 3.8) is 0 Å². The number of hydrogen-bond donors (Lipinski definition) is 1. The average Bonchev–Trinajstić information content (AvgIpc) is 2.18. The molecule has 0 amide bonds. The second-order valence-electron chi connectivity index (χ2n) is 4.71. The first-order valence-electron chi connectivity index (χ1n) is 5.49. The van der Waals surface area contributed by atoms with Gasteiger partial charge in [-0.15, -0.1) is 0 Å². The SMILES string of the molecule is C=C(C)[C@@]1(O)CC[C@@H]1c1ccc(C)cc1. The lowest BCUT2D eigenvalue weighted by atomic mass is 9.63. The van der Waals surface area contributed by atoms with Gasteiger partial charge in [-0.25, -0.2) is 0 Å². The maximum atomic E-state index is 10.4. The summed E-state index contributed by atoms with van der Waals surface area (Å²) < 4.78 is 0. The summed E-state index contributed by atoms with van der Waals surface area (Å²) in [5, 5.41) is 10.4. The van der Waals surface area contributed by atoms with Gasteiger partial charge in [0.05, 0.1) is 5.60 Å². The van der Waals surface area contributed by atoms with E-state index in [1.165, 1.54) is 11.1 Å². The summed E-state index contributed by atoms with van der Waals surface area (Å²) in [4.78, 5) is 0. The van der Waals surface area contributed by atoms with Gasteiger partial charge in [0, 0.05) is 5.92 Å². The minimum Gasteiger partial charge on any atom is -0.385 e. The summed E-state index contributed by atoms with van der Waals surface area (Å²) in [5.41, 5.74) is 2.73. The Bertz CT molecular complexity index is 377. The van der Waals surface area contributed by atoms with Crippen LogP contribution < -0.4 is 0 Å². The molecule has 1 heteroatoms. The van der Waals surface area contributed by atoms with Gasteiger partial charge >= 0.3 is 0 Å². The maximum Gasteiger partial charge on any atom is 0.0919 e. The molecule has 2 rings (SSSR count). The highest BCUT2D eigenvalue weighted by Crippen LogP contribution is 2.49. The van der Waals surface area contributed by atoms with Crippen molar-refractivity contribution >= 4 is 0 Å². The third kappa shape index (κ3) is 1.61. The molecule has 0 heterocycles. The van der Waals surface area contributed by atoms with Crippen LogP contribution in [0.1, 0.15) is 36.8 Å². The molecule has 0 spiro atoms. The highest BCUT2D eigenvalue weighted by molar-refractivity contribution is 5.34. The fourth-order valence-corrected chi connectivity index (χ4v) is 2.31. The van der Waals surface area contributed by atoms with E-state index in [-0.39, 0.29) is 5.92 Å². The van der Waals surface area contributed by atoms with Gasteiger partial charge < -0.3 is 5.11 Å². The smallest absolute Gasteiger partial charge is 0.0919 e. The zero-order valence-electron chi connectivity index (χ0n) is 9.46. The standard InChI is InChI=1S/C14H18O/c1-10(2)14(15)9-8-13(14)12-6-4-11(3)5-7-12/h4-7,13,15H,1,8-9H2,2-3H3/t13-,14+/m1/s1. The van der Waals surface area contributed by atoms with E-state index in [4.69, 9.17) is 0 Å². The van der Waals surface area contributed by atoms with Crippen LogP contribution in [-0.4, -0.2) is 10.7 Å². The first kappa shape index (κ1) is 10.4. The molecular weight excluding hydrogens is 184 g/mol. The number of rotatable bonds is 2. The van der Waals surface area contributed by atoms with E-state index in [9.17, 15) is 5.11 Å². The van der Waals surface area contributed by atoms with Gasteiger partial charge in [0.15, 0.2) is 0 Å². The van der Waals surface area contributed by atoms with Gasteiger partial charge in [0.2, 0.25) is 0 Å². The number of aryl methyl sites for hydroxylation is 1. The van der Waals surface area contributed by atoms with Gasteiger partial charge in [-0.2, -0.15) is 0 Å². The Morgan fingerprint density at radius 1 is 1.40 bits per heavy atom. The van der Waals surface area contributed by atoms with Gasteiger partial charge in [0.25, 0.3) is 0 Å². The molecule has 1 aromatic rings. The highest BCUT2D eigenvalue weighted by Gasteiger charge is 2.46. The molecule has 0 aliphatic heterocycles. The van der Waals surface area contributed by atoms with Crippen molar-refractivity contribution in [2.24, 2.45) is 0 Å². The molecule has 0 aromatic heterocycles. The molecule has 80 valence electrons. The van der Waals surface area contributed by atoms with Gasteiger partial charge in [0.1, 0.15) is 0 Å². The van der Waals surface area contributed by atoms with Gasteiger partial charge in [-0.05, 0) is 37.8 Å². The van der Waals surface area contributed by atoms with Crippen LogP contribution in [0.4, 0.5) is 0 Å². The van der Waals surface area contributed by atoms with Crippen LogP contribution in [-0.2, 0) is 0 Å². The van der Waals surface area contributed by atoms with E-state index in [0.29, 0.717) is 0 Å². The van der Waals surface area contributed by atoms with Crippen molar-refractivity contribution in [3.8, 4) is 0 Å². The van der Waals surface area contributed by atoms with E-state index in [2.05, 4.69) is 37.8 Å². The summed E-state index contributed by atoms with van der Waals surface area (Å²) in [7, 11) is 0. The zero-order valence-corrected chi connectivity index (χ0v) is 9.46. The lowest BCUT2D eigenvalue weighted by Crippen LogP contribution is -2.45. The van der Waals surface area contributed by atoms with E-state index in [1.54, 1.807) is 0 Å². The fraction of sp³-hybridized carbons (Fsp3) is 0.429. The number of benzene rings is 1. The van der Waals surface area contributed by atoms with Crippen LogP contribution in [0.15, 0.2) is 36.4 Å². The first-order valence-corrected chi connectivity index (χ1v) is 5.49. The maximum absolute atomic E-state index is 10.4. The molecule has 1 nitrogen and oxygen atoms in total. The molecule has 0 radical (unpaired) electrons. The summed E-state index contributed by atoms with van der Waals surface area (Å²) in [5.74, 6) is 0.246. The third-order valence-corrected chi connectivity index (χ3v) is 3.61. The van der Waals surface area contributed by atoms with Crippen molar-refractivity contribution in [1.82, 2.24) is 0 Å². The van der Waals surface area contributed by atoms with Crippen molar-refractivity contribution in [3.05, 3.63) is 47.5 Å². The quantitative estimate of drug-likeness (QED) is 0.730. The van der Waals surface area contributed by atoms with E-state index in [1.807, 2.05) is 6.92 Å². The van der Waals surface area contributed by atoms with Crippen LogP contribution in [0, 0.1) is 6.92 Å². The molecule has 1 saturated carbocycles. The molecule has 2 atom stereocenters. The Hall–Kier alpha value is -1.08. The summed E-state index contributed by atoms with van der Waals surface area (Å²) >= 11 is 0. The Balaban J connectivity index is 2.26. The predicted molar refractivity (Wildman–Crippen MR) is 62.9 cm³/mol. The summed E-state index contributed by atoms with van der Waals surface area (Å²) in [6.45, 7) is 7.89. The highest BCUT2D eigenvalue weighted by atomic mass is 16.3. The largest absolute Gasteiger partial charge is 0.385 e. The van der Waals surface area contributed by atoms with Gasteiger partial charge in [-0.3, -0.25) is 0 Å². The van der Waals surface area contributed by atoms with Crippen molar-refractivity contribution in [2.45, 2.75) is 38.2 Å². The lowest BCUT2D eigenvalue weighted by molar-refractivity contribution is -0.0232. The van der Waals surface area contributed by atoms with Crippen LogP contribution in [0.2, 0.25) is 0 Å². The van der Waals surface area contributed by atoms with Crippen molar-refractivity contribution < 1.29 is 5.11 Å². The van der Waals surface area contributed by atoms with E-state index >= 15 is 0 Å². The average molecular weight is 202 g/mol. The van der Waals surface area contributed by atoms with E-state index in [0.717, 1.165) is 18.4 Å². The third-order valence-electron chi connectivity index (χ3n) is 3.61. The molecular formula is C14H18O. The fourth-order valence-electron chi connectivity index (χ4n) is 2.31. The molecule has 1 N–H and O–H groups in total. The van der Waals surface area contributed by atoms with Crippen molar-refractivity contribution in [1.29, 1.82) is 0 Å². The van der Waals surface area contributed by atoms with Gasteiger partial charge in [-0.1, -0.05) is 36.4 Å². The van der Waals surface area contributed by atoms with Crippen molar-refractivity contribution in [2.75, 3.05) is 0 Å². The molecule has 0 unspecified atom stereocenters. The molecule has 0 bridgehead atoms. The topological polar surface area (TPSA) is 20.2 Å². The molecule has 1 aromatic carbocycles. The monoisotopic (exact) mass is 202 g/mol. The number of hydrogen-bond acceptors (Lipinski definition) is 1. The first-order chi connectivity index (χ1) is 7.04. The molecule has 0 saturated heterocycles. The predicted octanol–water partition coefficient (Wildman–Crippen LogP) is 3.18. The van der Waals surface area contributed by atoms with Crippen LogP contribution in [0.3, 0.4) is 0 Å². The second kappa shape index (κ2) is 3.49. The minimum absolute atomic E-state index is 0.246. The lowest BCUT2D eigenvalue weighted by Gasteiger charge is -2.46. The molecule has 1 aliphatic rings. The Morgan fingerprint density at radius 3 is 2.40 bits per heavy atom. The molecule has 1 fully saturated rings. The Morgan fingerprint density at radius 2 is 2.00 bits per heavy atom. The molecule has 15 heavy (non-hydrogen) atoms. The Labute approximate surface area is 91.4 Å². The Kier molecular flexibility index (Phi) is 2.43. The van der Waals surface area contributed by atoms with Crippen LogP contribution in [0.5, 0.6) is 0 Å². The number of aliphatic hydroxyl groups is 1. The normalized spacial score (nSPS) is 29.7. The van der Waals surface area contributed by atoms with E-state index < -0.39 is 5.60 Å². The second-order valence-corrected chi connectivity index (χ2v) is 4.71. The van der Waals surface area contributed by atoms with Crippen LogP contribution >= 0.6 is 0 Å². The summed E-state index contributed by atoms with van der Waals surface area (Å²) in [6.07, 6.45) is 1.91. The zero-order chi connectivity index (χ0) is 11.1. The van der Waals surface area contributed by atoms with Crippen LogP contribution in [0.25, 0.3) is 0 Å². The molecule has 1 aliphatic carbocycles.